The second kappa shape index (κ2) is 8.40. The molecular weight excluding hydrogens is 282 g/mol. The number of nitrogens with zero attached hydrogens (tertiary/aromatic N) is 1. The molecule has 1 aromatic rings. The molecule has 0 bridgehead atoms. The summed E-state index contributed by atoms with van der Waals surface area (Å²) in [5.74, 6) is 0. The fourth-order valence-corrected chi connectivity index (χ4v) is 2.42. The molecule has 112 valence electrons. The molecular formula is C17H21NO2S. The molecule has 0 heterocycles. The minimum Gasteiger partial charge on any atom is -0.199 e. The molecule has 0 aliphatic heterocycles. The number of hydrogen-bond acceptors (Lipinski definition) is 2. The Morgan fingerprint density at radius 2 is 1.95 bits per heavy atom. The van der Waals surface area contributed by atoms with Crippen molar-refractivity contribution in [1.82, 2.24) is 0 Å². The van der Waals surface area contributed by atoms with E-state index in [9.17, 15) is 8.42 Å². The van der Waals surface area contributed by atoms with Crippen LogP contribution in [0, 0.1) is 6.92 Å². The first-order valence-corrected chi connectivity index (χ1v) is 8.28. The lowest BCUT2D eigenvalue weighted by molar-refractivity contribution is 0.598. The number of rotatable bonds is 6. The smallest absolute Gasteiger partial charge is 0.199 e. The monoisotopic (exact) mass is 303 g/mol. The first-order chi connectivity index (χ1) is 9.95. The standard InChI is InChI=1S/C17H21NO2S/c1-4-5-6-7-8-15(2)13-14-18-21(19,20)17-11-9-16(3)10-12-17/h4,6,9-14H,7-8H2,1-3H3/b15-13+,18-14+. The Balaban J connectivity index is 2.70. The molecule has 1 rings (SSSR count). The van der Waals surface area contributed by atoms with Gasteiger partial charge >= 0.3 is 0 Å². The molecule has 0 atom stereocenters. The lowest BCUT2D eigenvalue weighted by atomic mass is 10.1. The summed E-state index contributed by atoms with van der Waals surface area (Å²) in [6, 6.07) is 6.66. The summed E-state index contributed by atoms with van der Waals surface area (Å²) in [5, 5.41) is 0. The number of aryl methyl sites for hydroxylation is 1. The van der Waals surface area contributed by atoms with E-state index in [1.54, 1.807) is 30.3 Å². The predicted octanol–water partition coefficient (Wildman–Crippen LogP) is 4.21. The van der Waals surface area contributed by atoms with Crippen LogP contribution in [0.4, 0.5) is 0 Å². The van der Waals surface area contributed by atoms with Crippen LogP contribution in [0.25, 0.3) is 0 Å². The van der Waals surface area contributed by atoms with Gasteiger partial charge < -0.3 is 0 Å². The Morgan fingerprint density at radius 1 is 1.29 bits per heavy atom. The van der Waals surface area contributed by atoms with Crippen LogP contribution in [0.3, 0.4) is 0 Å². The molecule has 0 amide bonds. The molecule has 0 unspecified atom stereocenters. The molecule has 0 radical (unpaired) electrons. The van der Waals surface area contributed by atoms with Crippen molar-refractivity contribution >= 4 is 16.2 Å². The van der Waals surface area contributed by atoms with Gasteiger partial charge in [0, 0.05) is 6.21 Å². The van der Waals surface area contributed by atoms with Gasteiger partial charge in [-0.3, -0.25) is 0 Å². The Morgan fingerprint density at radius 3 is 2.57 bits per heavy atom. The van der Waals surface area contributed by atoms with Crippen LogP contribution in [0.1, 0.15) is 32.3 Å². The summed E-state index contributed by atoms with van der Waals surface area (Å²) in [6.45, 7) is 5.78. The van der Waals surface area contributed by atoms with E-state index in [1.807, 2.05) is 32.9 Å². The van der Waals surface area contributed by atoms with Gasteiger partial charge in [0.2, 0.25) is 0 Å². The van der Waals surface area contributed by atoms with E-state index in [1.165, 1.54) is 6.21 Å². The van der Waals surface area contributed by atoms with Gasteiger partial charge in [-0.15, -0.1) is 5.73 Å². The predicted molar refractivity (Wildman–Crippen MR) is 88.2 cm³/mol. The fraction of sp³-hybridized carbons (Fsp3) is 0.294. The molecule has 0 saturated carbocycles. The molecule has 3 nitrogen and oxygen atoms in total. The van der Waals surface area contributed by atoms with Gasteiger partial charge in [-0.1, -0.05) is 23.3 Å². The van der Waals surface area contributed by atoms with Gasteiger partial charge in [0.15, 0.2) is 0 Å². The highest BCUT2D eigenvalue weighted by atomic mass is 32.2. The van der Waals surface area contributed by atoms with Crippen LogP contribution in [0.2, 0.25) is 0 Å². The van der Waals surface area contributed by atoms with Crippen molar-refractivity contribution in [3.05, 3.63) is 59.4 Å². The minimum absolute atomic E-state index is 0.214. The Kier molecular flexibility index (Phi) is 6.86. The largest absolute Gasteiger partial charge is 0.282 e. The van der Waals surface area contributed by atoms with E-state index in [4.69, 9.17) is 0 Å². The fourth-order valence-electron chi connectivity index (χ4n) is 1.59. The summed E-state index contributed by atoms with van der Waals surface area (Å²) < 4.78 is 27.6. The highest BCUT2D eigenvalue weighted by molar-refractivity contribution is 7.90. The molecule has 1 aromatic carbocycles. The third kappa shape index (κ3) is 6.39. The zero-order valence-electron chi connectivity index (χ0n) is 12.7. The average Bonchev–Trinajstić information content (AvgIpc) is 2.44. The van der Waals surface area contributed by atoms with E-state index in [0.29, 0.717) is 0 Å². The van der Waals surface area contributed by atoms with Gasteiger partial charge in [0.05, 0.1) is 4.90 Å². The highest BCUT2D eigenvalue weighted by Gasteiger charge is 2.10. The Hall–Kier alpha value is -1.90. The van der Waals surface area contributed by atoms with Gasteiger partial charge in [0.25, 0.3) is 10.0 Å². The number of allylic oxidation sites excluding steroid dienone is 3. The number of sulfonamides is 1. The van der Waals surface area contributed by atoms with Crippen molar-refractivity contribution in [1.29, 1.82) is 0 Å². The average molecular weight is 303 g/mol. The maximum Gasteiger partial charge on any atom is 0.282 e. The lowest BCUT2D eigenvalue weighted by Crippen LogP contribution is -1.96. The van der Waals surface area contributed by atoms with Crippen molar-refractivity contribution in [2.24, 2.45) is 4.40 Å². The third-order valence-electron chi connectivity index (χ3n) is 2.85. The molecule has 0 fully saturated rings. The lowest BCUT2D eigenvalue weighted by Gasteiger charge is -1.98. The van der Waals surface area contributed by atoms with Gasteiger partial charge in [-0.25, -0.2) is 0 Å². The first kappa shape index (κ1) is 17.2. The third-order valence-corrected chi connectivity index (χ3v) is 4.11. The molecule has 0 saturated heterocycles. The molecule has 21 heavy (non-hydrogen) atoms. The van der Waals surface area contributed by atoms with Crippen molar-refractivity contribution in [2.75, 3.05) is 0 Å². The van der Waals surface area contributed by atoms with Crippen LogP contribution in [0.5, 0.6) is 0 Å². The van der Waals surface area contributed by atoms with Crippen molar-refractivity contribution in [3.63, 3.8) is 0 Å². The minimum atomic E-state index is -3.60. The molecule has 4 heteroatoms. The molecule has 0 aliphatic rings. The normalized spacial score (nSPS) is 12.2. The van der Waals surface area contributed by atoms with Crippen LogP contribution in [-0.4, -0.2) is 14.6 Å². The van der Waals surface area contributed by atoms with Gasteiger partial charge in [-0.2, -0.15) is 12.8 Å². The Bertz CT molecular complexity index is 674. The zero-order chi connectivity index (χ0) is 15.7. The summed E-state index contributed by atoms with van der Waals surface area (Å²) >= 11 is 0. The van der Waals surface area contributed by atoms with E-state index < -0.39 is 10.0 Å². The molecule has 0 spiro atoms. The topological polar surface area (TPSA) is 46.5 Å². The van der Waals surface area contributed by atoms with E-state index in [-0.39, 0.29) is 4.90 Å². The van der Waals surface area contributed by atoms with E-state index in [0.717, 1.165) is 24.0 Å². The van der Waals surface area contributed by atoms with Crippen LogP contribution in [-0.2, 0) is 10.0 Å². The first-order valence-electron chi connectivity index (χ1n) is 6.84. The van der Waals surface area contributed by atoms with Crippen LogP contribution in [0.15, 0.2) is 63.1 Å². The number of hydrogen-bond donors (Lipinski definition) is 0. The van der Waals surface area contributed by atoms with Crippen molar-refractivity contribution in [2.45, 2.75) is 38.5 Å². The molecule has 0 aromatic heterocycles. The maximum atomic E-state index is 12.0. The zero-order valence-corrected chi connectivity index (χ0v) is 13.5. The quantitative estimate of drug-likeness (QED) is 0.583. The summed E-state index contributed by atoms with van der Waals surface area (Å²) in [6.07, 6.45) is 8.63. The SMILES string of the molecule is CC=C=CCC/C(C)=C/C=N/S(=O)(=O)c1ccc(C)cc1. The summed E-state index contributed by atoms with van der Waals surface area (Å²) in [7, 11) is -3.60. The maximum absolute atomic E-state index is 12.0. The summed E-state index contributed by atoms with van der Waals surface area (Å²) in [4.78, 5) is 0.214. The van der Waals surface area contributed by atoms with E-state index >= 15 is 0 Å². The van der Waals surface area contributed by atoms with Crippen LogP contribution < -0.4 is 0 Å². The molecule has 0 N–H and O–H groups in total. The van der Waals surface area contributed by atoms with E-state index in [2.05, 4.69) is 10.1 Å². The second-order valence-electron chi connectivity index (χ2n) is 4.75. The van der Waals surface area contributed by atoms with Crippen LogP contribution >= 0.6 is 0 Å². The van der Waals surface area contributed by atoms with Gasteiger partial charge in [-0.05, 0) is 64.0 Å². The molecule has 0 aliphatic carbocycles. The Labute approximate surface area is 127 Å². The van der Waals surface area contributed by atoms with Gasteiger partial charge in [0.1, 0.15) is 0 Å². The number of benzene rings is 1. The highest BCUT2D eigenvalue weighted by Crippen LogP contribution is 2.12. The summed E-state index contributed by atoms with van der Waals surface area (Å²) in [5.41, 5.74) is 5.10. The van der Waals surface area contributed by atoms with Crippen molar-refractivity contribution < 1.29 is 8.42 Å². The van der Waals surface area contributed by atoms with Crippen molar-refractivity contribution in [3.8, 4) is 0 Å². The second-order valence-corrected chi connectivity index (χ2v) is 6.39.